The number of H-pyrrole nitrogens is 1. The first-order valence-corrected chi connectivity index (χ1v) is 8.35. The molecule has 3 rings (SSSR count). The number of halogens is 1. The molecular weight excluding hydrogens is 382 g/mol. The van der Waals surface area contributed by atoms with Gasteiger partial charge in [0.2, 0.25) is 0 Å². The zero-order chi connectivity index (χ0) is 18.0. The van der Waals surface area contributed by atoms with Gasteiger partial charge in [0.25, 0.3) is 0 Å². The van der Waals surface area contributed by atoms with Gasteiger partial charge >= 0.3 is 0 Å². The minimum absolute atomic E-state index is 0.410. The van der Waals surface area contributed by atoms with Gasteiger partial charge in [-0.1, -0.05) is 22.0 Å². The van der Waals surface area contributed by atoms with Gasteiger partial charge in [-0.3, -0.25) is 0 Å². The van der Waals surface area contributed by atoms with Gasteiger partial charge in [0.05, 0.1) is 30.8 Å². The number of fused-ring (bicyclic) bond motifs is 1. The molecule has 0 atom stereocenters. The molecule has 0 spiro atoms. The van der Waals surface area contributed by atoms with Crippen molar-refractivity contribution >= 4 is 38.6 Å². The number of benzene rings is 2. The summed E-state index contributed by atoms with van der Waals surface area (Å²) in [4.78, 5) is 7.71. The molecule has 126 valence electrons. The molecule has 0 bridgehead atoms. The highest BCUT2D eigenvalue weighted by atomic mass is 79.9. The number of hydrogen-bond acceptors (Lipinski definition) is 4. The number of allylic oxidation sites excluding steroid dienone is 1. The summed E-state index contributed by atoms with van der Waals surface area (Å²) in [7, 11) is 3.14. The van der Waals surface area contributed by atoms with E-state index >= 15 is 0 Å². The third-order valence-electron chi connectivity index (χ3n) is 3.79. The highest BCUT2D eigenvalue weighted by Gasteiger charge is 2.13. The first kappa shape index (κ1) is 17.1. The minimum atomic E-state index is 0.410. The Morgan fingerprint density at radius 1 is 1.24 bits per heavy atom. The van der Waals surface area contributed by atoms with E-state index in [0.29, 0.717) is 22.9 Å². The van der Waals surface area contributed by atoms with Crippen LogP contribution in [0, 0.1) is 18.3 Å². The number of aromatic nitrogens is 2. The van der Waals surface area contributed by atoms with Crippen molar-refractivity contribution in [3.05, 3.63) is 51.8 Å². The Balaban J connectivity index is 2.14. The SMILES string of the molecule is COc1cc(Br)cc(/C=C(/C#N)c2nc3ccc(C)cc3[nH]2)c1OC. The van der Waals surface area contributed by atoms with E-state index in [2.05, 4.69) is 32.0 Å². The van der Waals surface area contributed by atoms with Crippen LogP contribution in [-0.2, 0) is 0 Å². The quantitative estimate of drug-likeness (QED) is 0.646. The van der Waals surface area contributed by atoms with Crippen molar-refractivity contribution in [1.29, 1.82) is 5.26 Å². The molecular formula is C19H16BrN3O2. The molecule has 0 unspecified atom stereocenters. The lowest BCUT2D eigenvalue weighted by atomic mass is 10.1. The second kappa shape index (κ2) is 6.99. The van der Waals surface area contributed by atoms with Crippen LogP contribution < -0.4 is 9.47 Å². The Kier molecular flexibility index (Phi) is 4.77. The molecule has 0 saturated carbocycles. The molecule has 1 N–H and O–H groups in total. The van der Waals surface area contributed by atoms with Crippen molar-refractivity contribution in [2.45, 2.75) is 6.92 Å². The number of ether oxygens (including phenoxy) is 2. The summed E-state index contributed by atoms with van der Waals surface area (Å²) in [5.41, 5.74) is 3.98. The van der Waals surface area contributed by atoms with Crippen molar-refractivity contribution < 1.29 is 9.47 Å². The summed E-state index contributed by atoms with van der Waals surface area (Å²) >= 11 is 3.45. The van der Waals surface area contributed by atoms with Crippen molar-refractivity contribution in [2.75, 3.05) is 14.2 Å². The number of nitrogens with zero attached hydrogens (tertiary/aromatic N) is 2. The highest BCUT2D eigenvalue weighted by molar-refractivity contribution is 9.10. The third-order valence-corrected chi connectivity index (χ3v) is 4.24. The Labute approximate surface area is 154 Å². The zero-order valence-electron chi connectivity index (χ0n) is 14.1. The number of aromatic amines is 1. The van der Waals surface area contributed by atoms with Crippen molar-refractivity contribution in [3.63, 3.8) is 0 Å². The number of nitriles is 1. The summed E-state index contributed by atoms with van der Waals surface area (Å²) in [5.74, 6) is 1.66. The fourth-order valence-corrected chi connectivity index (χ4v) is 3.08. The van der Waals surface area contributed by atoms with Crippen LogP contribution in [0.2, 0.25) is 0 Å². The van der Waals surface area contributed by atoms with Crippen molar-refractivity contribution in [1.82, 2.24) is 9.97 Å². The molecule has 1 heterocycles. The summed E-state index contributed by atoms with van der Waals surface area (Å²) in [5, 5.41) is 9.62. The van der Waals surface area contributed by atoms with Crippen LogP contribution in [0.3, 0.4) is 0 Å². The second-order valence-electron chi connectivity index (χ2n) is 5.51. The molecule has 25 heavy (non-hydrogen) atoms. The van der Waals surface area contributed by atoms with E-state index in [-0.39, 0.29) is 0 Å². The van der Waals surface area contributed by atoms with Crippen LogP contribution in [0.1, 0.15) is 17.0 Å². The van der Waals surface area contributed by atoms with E-state index in [0.717, 1.165) is 26.6 Å². The van der Waals surface area contributed by atoms with Crippen LogP contribution in [-0.4, -0.2) is 24.2 Å². The van der Waals surface area contributed by atoms with Gasteiger partial charge in [-0.25, -0.2) is 4.98 Å². The van der Waals surface area contributed by atoms with E-state index < -0.39 is 0 Å². The Morgan fingerprint density at radius 3 is 2.72 bits per heavy atom. The first-order valence-electron chi connectivity index (χ1n) is 7.55. The number of imidazole rings is 1. The van der Waals surface area contributed by atoms with Gasteiger partial charge in [-0.2, -0.15) is 5.26 Å². The van der Waals surface area contributed by atoms with Gasteiger partial charge in [-0.15, -0.1) is 0 Å². The van der Waals surface area contributed by atoms with Gasteiger partial charge in [-0.05, 0) is 42.8 Å². The number of nitrogens with one attached hydrogen (secondary N) is 1. The summed E-state index contributed by atoms with van der Waals surface area (Å²) < 4.78 is 11.6. The molecule has 0 radical (unpaired) electrons. The Bertz CT molecular complexity index is 1020. The smallest absolute Gasteiger partial charge is 0.168 e. The molecule has 1 aromatic heterocycles. The highest BCUT2D eigenvalue weighted by Crippen LogP contribution is 2.36. The maximum atomic E-state index is 9.62. The summed E-state index contributed by atoms with van der Waals surface area (Å²) in [6, 6.07) is 11.8. The normalized spacial score (nSPS) is 11.4. The van der Waals surface area contributed by atoms with Crippen LogP contribution in [0.15, 0.2) is 34.8 Å². The minimum Gasteiger partial charge on any atom is -0.493 e. The lowest BCUT2D eigenvalue weighted by molar-refractivity contribution is 0.354. The fraction of sp³-hybridized carbons (Fsp3) is 0.158. The first-order chi connectivity index (χ1) is 12.0. The Hall–Kier alpha value is -2.78. The average molecular weight is 398 g/mol. The predicted octanol–water partition coefficient (Wildman–Crippen LogP) is 4.72. The lowest BCUT2D eigenvalue weighted by Gasteiger charge is -2.11. The predicted molar refractivity (Wildman–Crippen MR) is 102 cm³/mol. The van der Waals surface area contributed by atoms with Gasteiger partial charge in [0.15, 0.2) is 11.5 Å². The molecule has 2 aromatic carbocycles. The lowest BCUT2D eigenvalue weighted by Crippen LogP contribution is -1.94. The van der Waals surface area contributed by atoms with Crippen LogP contribution in [0.25, 0.3) is 22.7 Å². The maximum Gasteiger partial charge on any atom is 0.168 e. The van der Waals surface area contributed by atoms with E-state index in [1.54, 1.807) is 20.3 Å². The number of rotatable bonds is 4. The van der Waals surface area contributed by atoms with E-state index in [1.165, 1.54) is 0 Å². The molecule has 5 nitrogen and oxygen atoms in total. The van der Waals surface area contributed by atoms with Crippen LogP contribution in [0.4, 0.5) is 0 Å². The summed E-state index contributed by atoms with van der Waals surface area (Å²) in [6.07, 6.45) is 1.73. The largest absolute Gasteiger partial charge is 0.493 e. The van der Waals surface area contributed by atoms with Gasteiger partial charge in [0, 0.05) is 10.0 Å². The fourth-order valence-electron chi connectivity index (χ4n) is 2.63. The summed E-state index contributed by atoms with van der Waals surface area (Å²) in [6.45, 7) is 2.01. The number of methoxy groups -OCH3 is 2. The second-order valence-corrected chi connectivity index (χ2v) is 6.42. The maximum absolute atomic E-state index is 9.62. The molecule has 3 aromatic rings. The third kappa shape index (κ3) is 3.37. The number of aryl methyl sites for hydroxylation is 1. The zero-order valence-corrected chi connectivity index (χ0v) is 15.6. The molecule has 6 heteroatoms. The standard InChI is InChI=1S/C19H16BrN3O2/c1-11-4-5-15-16(6-11)23-19(22-15)13(10-21)7-12-8-14(20)9-17(24-2)18(12)25-3/h4-9H,1-3H3,(H,22,23)/b13-7-. The molecule has 0 aliphatic rings. The topological polar surface area (TPSA) is 70.9 Å². The van der Waals surface area contributed by atoms with Gasteiger partial charge < -0.3 is 14.5 Å². The molecule has 0 aliphatic carbocycles. The Morgan fingerprint density at radius 2 is 2.04 bits per heavy atom. The molecule has 0 aliphatic heterocycles. The van der Waals surface area contributed by atoms with Crippen LogP contribution in [0.5, 0.6) is 11.5 Å². The monoisotopic (exact) mass is 397 g/mol. The van der Waals surface area contributed by atoms with E-state index in [1.807, 2.05) is 37.3 Å². The van der Waals surface area contributed by atoms with E-state index in [4.69, 9.17) is 9.47 Å². The number of hydrogen-bond donors (Lipinski definition) is 1. The van der Waals surface area contributed by atoms with E-state index in [9.17, 15) is 5.26 Å². The van der Waals surface area contributed by atoms with Crippen molar-refractivity contribution in [3.8, 4) is 17.6 Å². The molecule has 0 saturated heterocycles. The molecule has 0 amide bonds. The van der Waals surface area contributed by atoms with Crippen LogP contribution >= 0.6 is 15.9 Å². The van der Waals surface area contributed by atoms with Crippen molar-refractivity contribution in [2.24, 2.45) is 0 Å². The average Bonchev–Trinajstić information content (AvgIpc) is 3.01. The van der Waals surface area contributed by atoms with Gasteiger partial charge in [0.1, 0.15) is 11.9 Å². The molecule has 0 fully saturated rings.